The van der Waals surface area contributed by atoms with Gasteiger partial charge in [-0.15, -0.1) is 0 Å². The number of benzene rings is 1. The van der Waals surface area contributed by atoms with Gasteiger partial charge in [-0.1, -0.05) is 13.8 Å². The Morgan fingerprint density at radius 2 is 2.04 bits per heavy atom. The highest BCUT2D eigenvalue weighted by Gasteiger charge is 2.34. The third kappa shape index (κ3) is 5.99. The molecule has 0 saturated carbocycles. The van der Waals surface area contributed by atoms with Crippen molar-refractivity contribution in [2.45, 2.75) is 26.3 Å². The van der Waals surface area contributed by atoms with Crippen LogP contribution in [0.1, 0.15) is 30.6 Å². The highest BCUT2D eigenvalue weighted by Crippen LogP contribution is 2.12. The number of piperazine rings is 1. The lowest BCUT2D eigenvalue weighted by atomic mass is 10.1. The Kier molecular flexibility index (Phi) is 7.23. The Labute approximate surface area is 162 Å². The first-order valence-electron chi connectivity index (χ1n) is 8.58. The summed E-state index contributed by atoms with van der Waals surface area (Å²) in [7, 11) is 0. The largest absolute Gasteiger partial charge is 0.465 e. The minimum Gasteiger partial charge on any atom is -0.465 e. The molecule has 1 fully saturated rings. The lowest BCUT2D eigenvalue weighted by molar-refractivity contribution is -0.148. The van der Waals surface area contributed by atoms with E-state index in [-0.39, 0.29) is 35.5 Å². The standard InChI is InChI=1S/C18H22FN3O4S/c1-11(2)10-26-15(23)9-14-17(25)20-7-8-22(14)18(27)21-16(24)12-3-5-13(19)6-4-12/h3-6,11,14H,7-10H2,1-2H3,(H,20,25)(H,21,24,27). The first kappa shape index (κ1) is 20.8. The number of nitrogens with one attached hydrogen (secondary N) is 2. The molecule has 1 aromatic carbocycles. The summed E-state index contributed by atoms with van der Waals surface area (Å²) in [5, 5.41) is 5.23. The van der Waals surface area contributed by atoms with Crippen LogP contribution in [0.15, 0.2) is 24.3 Å². The predicted octanol–water partition coefficient (Wildman–Crippen LogP) is 1.23. The highest BCUT2D eigenvalue weighted by molar-refractivity contribution is 7.80. The SMILES string of the molecule is CC(C)COC(=O)CC1C(=O)NCCN1C(=S)NC(=O)c1ccc(F)cc1. The molecule has 27 heavy (non-hydrogen) atoms. The van der Waals surface area contributed by atoms with Crippen LogP contribution in [0, 0.1) is 11.7 Å². The zero-order valence-corrected chi connectivity index (χ0v) is 16.0. The number of amides is 2. The zero-order valence-electron chi connectivity index (χ0n) is 15.2. The van der Waals surface area contributed by atoms with Gasteiger partial charge < -0.3 is 15.0 Å². The molecule has 1 aliphatic heterocycles. The van der Waals surface area contributed by atoms with Crippen LogP contribution in [-0.4, -0.2) is 53.5 Å². The lowest BCUT2D eigenvalue weighted by Crippen LogP contribution is -2.60. The van der Waals surface area contributed by atoms with Crippen molar-refractivity contribution in [3.05, 3.63) is 35.6 Å². The van der Waals surface area contributed by atoms with Crippen LogP contribution in [0.5, 0.6) is 0 Å². The van der Waals surface area contributed by atoms with E-state index in [1.807, 2.05) is 13.8 Å². The Morgan fingerprint density at radius 1 is 1.37 bits per heavy atom. The predicted molar refractivity (Wildman–Crippen MR) is 100 cm³/mol. The molecule has 1 aromatic rings. The summed E-state index contributed by atoms with van der Waals surface area (Å²) in [4.78, 5) is 38.0. The molecule has 2 N–H and O–H groups in total. The maximum absolute atomic E-state index is 13.0. The van der Waals surface area contributed by atoms with Crippen molar-refractivity contribution in [1.82, 2.24) is 15.5 Å². The monoisotopic (exact) mass is 395 g/mol. The molecule has 2 rings (SSSR count). The fraction of sp³-hybridized carbons (Fsp3) is 0.444. The second-order valence-corrected chi connectivity index (χ2v) is 6.93. The number of carbonyl (C=O) groups is 3. The maximum atomic E-state index is 13.0. The van der Waals surface area contributed by atoms with E-state index in [1.54, 1.807) is 0 Å². The Morgan fingerprint density at radius 3 is 2.67 bits per heavy atom. The van der Waals surface area contributed by atoms with Crippen molar-refractivity contribution in [3.63, 3.8) is 0 Å². The normalized spacial score (nSPS) is 16.7. The maximum Gasteiger partial charge on any atom is 0.308 e. The van der Waals surface area contributed by atoms with E-state index < -0.39 is 23.7 Å². The van der Waals surface area contributed by atoms with Gasteiger partial charge in [0.15, 0.2) is 5.11 Å². The summed E-state index contributed by atoms with van der Waals surface area (Å²) in [6, 6.07) is 4.13. The fourth-order valence-electron chi connectivity index (χ4n) is 2.48. The van der Waals surface area contributed by atoms with E-state index in [2.05, 4.69) is 10.6 Å². The number of esters is 1. The molecule has 1 atom stereocenters. The Hall–Kier alpha value is -2.55. The van der Waals surface area contributed by atoms with E-state index in [4.69, 9.17) is 17.0 Å². The summed E-state index contributed by atoms with van der Waals surface area (Å²) in [5.41, 5.74) is 0.230. The molecule has 1 unspecified atom stereocenters. The van der Waals surface area contributed by atoms with Gasteiger partial charge in [-0.2, -0.15) is 0 Å². The molecule has 7 nitrogen and oxygen atoms in total. The van der Waals surface area contributed by atoms with Crippen LogP contribution in [0.2, 0.25) is 0 Å². The third-order valence-corrected chi connectivity index (χ3v) is 4.19. The zero-order chi connectivity index (χ0) is 20.0. The van der Waals surface area contributed by atoms with Gasteiger partial charge >= 0.3 is 5.97 Å². The van der Waals surface area contributed by atoms with E-state index in [9.17, 15) is 18.8 Å². The Bertz CT molecular complexity index is 724. The molecule has 1 heterocycles. The van der Waals surface area contributed by atoms with Gasteiger partial charge in [-0.05, 0) is 42.4 Å². The van der Waals surface area contributed by atoms with Gasteiger partial charge in [0.05, 0.1) is 13.0 Å². The van der Waals surface area contributed by atoms with E-state index in [1.165, 1.54) is 29.2 Å². The van der Waals surface area contributed by atoms with Gasteiger partial charge in [-0.25, -0.2) is 4.39 Å². The molecule has 0 radical (unpaired) electrons. The molecule has 0 bridgehead atoms. The number of nitrogens with zero attached hydrogens (tertiary/aromatic N) is 1. The molecule has 0 spiro atoms. The second-order valence-electron chi connectivity index (χ2n) is 6.55. The van der Waals surface area contributed by atoms with Gasteiger partial charge in [-0.3, -0.25) is 19.7 Å². The van der Waals surface area contributed by atoms with Gasteiger partial charge in [0.25, 0.3) is 5.91 Å². The number of hydrogen-bond acceptors (Lipinski definition) is 5. The van der Waals surface area contributed by atoms with Gasteiger partial charge in [0.2, 0.25) is 5.91 Å². The highest BCUT2D eigenvalue weighted by atomic mass is 32.1. The minimum atomic E-state index is -0.862. The number of carbonyl (C=O) groups excluding carboxylic acids is 3. The van der Waals surface area contributed by atoms with Crippen LogP contribution in [-0.2, 0) is 14.3 Å². The van der Waals surface area contributed by atoms with Crippen molar-refractivity contribution >= 4 is 35.1 Å². The summed E-state index contributed by atoms with van der Waals surface area (Å²) in [6.45, 7) is 4.76. The first-order valence-corrected chi connectivity index (χ1v) is 8.99. The average molecular weight is 395 g/mol. The molecule has 9 heteroatoms. The van der Waals surface area contributed by atoms with Crippen LogP contribution < -0.4 is 10.6 Å². The number of halogens is 1. The van der Waals surface area contributed by atoms with Crippen LogP contribution >= 0.6 is 12.2 Å². The van der Waals surface area contributed by atoms with E-state index >= 15 is 0 Å². The van der Waals surface area contributed by atoms with Crippen molar-refractivity contribution in [3.8, 4) is 0 Å². The van der Waals surface area contributed by atoms with E-state index in [0.29, 0.717) is 13.1 Å². The number of hydrogen-bond donors (Lipinski definition) is 2. The van der Waals surface area contributed by atoms with E-state index in [0.717, 1.165) is 0 Å². The topological polar surface area (TPSA) is 87.7 Å². The first-order chi connectivity index (χ1) is 12.8. The molecule has 0 aliphatic carbocycles. The summed E-state index contributed by atoms with van der Waals surface area (Å²) < 4.78 is 18.1. The van der Waals surface area contributed by atoms with Crippen LogP contribution in [0.3, 0.4) is 0 Å². The molecule has 2 amide bonds. The molecule has 0 aromatic heterocycles. The summed E-state index contributed by atoms with van der Waals surface area (Å²) >= 11 is 5.25. The average Bonchev–Trinajstić information content (AvgIpc) is 2.62. The van der Waals surface area contributed by atoms with Crippen LogP contribution in [0.4, 0.5) is 4.39 Å². The van der Waals surface area contributed by atoms with Crippen molar-refractivity contribution in [1.29, 1.82) is 0 Å². The third-order valence-electron chi connectivity index (χ3n) is 3.86. The molecule has 1 saturated heterocycles. The smallest absolute Gasteiger partial charge is 0.308 e. The molecule has 1 aliphatic rings. The molecular weight excluding hydrogens is 373 g/mol. The fourth-order valence-corrected chi connectivity index (χ4v) is 2.79. The van der Waals surface area contributed by atoms with Crippen LogP contribution in [0.25, 0.3) is 0 Å². The summed E-state index contributed by atoms with van der Waals surface area (Å²) in [6.07, 6.45) is -0.175. The second kappa shape index (κ2) is 9.40. The Balaban J connectivity index is 2.02. The molecule has 146 valence electrons. The number of rotatable bonds is 5. The van der Waals surface area contributed by atoms with Gasteiger partial charge in [0.1, 0.15) is 11.9 Å². The van der Waals surface area contributed by atoms with Crippen molar-refractivity contribution < 1.29 is 23.5 Å². The number of thiocarbonyl (C=S) groups is 1. The molecular formula is C18H22FN3O4S. The summed E-state index contributed by atoms with van der Waals surface area (Å²) in [5.74, 6) is -1.67. The number of ether oxygens (including phenoxy) is 1. The van der Waals surface area contributed by atoms with Crippen molar-refractivity contribution in [2.24, 2.45) is 5.92 Å². The lowest BCUT2D eigenvalue weighted by Gasteiger charge is -2.36. The quantitative estimate of drug-likeness (QED) is 0.576. The minimum absolute atomic E-state index is 0.0286. The van der Waals surface area contributed by atoms with Gasteiger partial charge in [0, 0.05) is 18.7 Å². The van der Waals surface area contributed by atoms with Crippen molar-refractivity contribution in [2.75, 3.05) is 19.7 Å².